The number of oxazole rings is 1. The maximum Gasteiger partial charge on any atom is 0.331 e. The van der Waals surface area contributed by atoms with Crippen LogP contribution in [0.15, 0.2) is 65.1 Å². The summed E-state index contributed by atoms with van der Waals surface area (Å²) < 4.78 is 10.9. The first-order chi connectivity index (χ1) is 12.1. The smallest absolute Gasteiger partial charge is 0.331 e. The molecule has 4 nitrogen and oxygen atoms in total. The molecule has 0 spiro atoms. The topological polar surface area (TPSA) is 52.3 Å². The van der Waals surface area contributed by atoms with Crippen LogP contribution < -0.4 is 0 Å². The Morgan fingerprint density at radius 3 is 2.64 bits per heavy atom. The molecule has 3 rings (SSSR count). The lowest BCUT2D eigenvalue weighted by Gasteiger charge is -2.00. The highest BCUT2D eigenvalue weighted by molar-refractivity contribution is 6.32. The van der Waals surface area contributed by atoms with E-state index in [9.17, 15) is 4.79 Å². The van der Waals surface area contributed by atoms with Crippen LogP contribution in [-0.4, -0.2) is 11.0 Å². The van der Waals surface area contributed by atoms with Crippen molar-refractivity contribution in [1.29, 1.82) is 0 Å². The Morgan fingerprint density at radius 2 is 1.88 bits per heavy atom. The molecule has 0 N–H and O–H groups in total. The molecular weight excluding hydrogens is 338 g/mol. The number of hydrogen-bond donors (Lipinski definition) is 0. The minimum Gasteiger partial charge on any atom is -0.456 e. The number of aryl methyl sites for hydroxylation is 1. The summed E-state index contributed by atoms with van der Waals surface area (Å²) in [5.41, 5.74) is 2.23. The van der Waals surface area contributed by atoms with Crippen molar-refractivity contribution >= 4 is 23.6 Å². The maximum atomic E-state index is 11.9. The molecule has 0 unspecified atom stereocenters. The van der Waals surface area contributed by atoms with Crippen molar-refractivity contribution in [3.8, 4) is 11.5 Å². The Kier molecular flexibility index (Phi) is 5.31. The average molecular weight is 354 g/mol. The van der Waals surface area contributed by atoms with Crippen LogP contribution in [0.3, 0.4) is 0 Å². The molecule has 2 aromatic carbocycles. The molecule has 0 fully saturated rings. The standard InChI is InChI=1S/C20H16ClNO3/c1-14-18(22-20(25-14)16-8-3-2-4-9-16)13-24-19(23)12-11-15-7-5-6-10-17(15)21/h2-12H,13H2,1H3/b12-11+. The Hall–Kier alpha value is -2.85. The van der Waals surface area contributed by atoms with Crippen molar-refractivity contribution in [2.24, 2.45) is 0 Å². The second-order valence-electron chi connectivity index (χ2n) is 5.35. The van der Waals surface area contributed by atoms with Gasteiger partial charge in [-0.15, -0.1) is 0 Å². The Bertz CT molecular complexity index is 900. The van der Waals surface area contributed by atoms with Gasteiger partial charge in [0.2, 0.25) is 5.89 Å². The van der Waals surface area contributed by atoms with Crippen LogP contribution in [-0.2, 0) is 16.1 Å². The Balaban J connectivity index is 1.63. The highest BCUT2D eigenvalue weighted by atomic mass is 35.5. The fourth-order valence-electron chi connectivity index (χ4n) is 2.22. The summed E-state index contributed by atoms with van der Waals surface area (Å²) in [5, 5.41) is 0.575. The second kappa shape index (κ2) is 7.81. The normalized spacial score (nSPS) is 11.0. The molecule has 1 aromatic heterocycles. The molecule has 0 atom stereocenters. The van der Waals surface area contributed by atoms with E-state index in [4.69, 9.17) is 20.8 Å². The van der Waals surface area contributed by atoms with E-state index >= 15 is 0 Å². The van der Waals surface area contributed by atoms with E-state index in [2.05, 4.69) is 4.98 Å². The lowest BCUT2D eigenvalue weighted by atomic mass is 10.2. The molecule has 0 bridgehead atoms. The van der Waals surface area contributed by atoms with Gasteiger partial charge >= 0.3 is 5.97 Å². The molecule has 0 aliphatic heterocycles. The van der Waals surface area contributed by atoms with E-state index in [-0.39, 0.29) is 6.61 Å². The Labute approximate surface area is 150 Å². The van der Waals surface area contributed by atoms with E-state index < -0.39 is 5.97 Å². The van der Waals surface area contributed by atoms with Gasteiger partial charge in [-0.05, 0) is 36.8 Å². The zero-order chi connectivity index (χ0) is 17.6. The molecule has 0 saturated heterocycles. The molecule has 1 heterocycles. The van der Waals surface area contributed by atoms with Gasteiger partial charge in [-0.2, -0.15) is 0 Å². The first-order valence-electron chi connectivity index (χ1n) is 7.74. The van der Waals surface area contributed by atoms with Crippen LogP contribution in [0, 0.1) is 6.92 Å². The number of benzene rings is 2. The molecular formula is C20H16ClNO3. The first kappa shape index (κ1) is 17.0. The van der Waals surface area contributed by atoms with Crippen molar-refractivity contribution in [3.05, 3.63) is 82.7 Å². The molecule has 0 radical (unpaired) electrons. The summed E-state index contributed by atoms with van der Waals surface area (Å²) in [4.78, 5) is 16.3. The van der Waals surface area contributed by atoms with Crippen molar-refractivity contribution in [1.82, 2.24) is 4.98 Å². The maximum absolute atomic E-state index is 11.9. The summed E-state index contributed by atoms with van der Waals surface area (Å²) in [6.07, 6.45) is 2.96. The van der Waals surface area contributed by atoms with Crippen molar-refractivity contribution in [2.45, 2.75) is 13.5 Å². The predicted octanol–water partition coefficient (Wildman–Crippen LogP) is 5.06. The van der Waals surface area contributed by atoms with Crippen molar-refractivity contribution in [3.63, 3.8) is 0 Å². The van der Waals surface area contributed by atoms with Crippen LogP contribution in [0.1, 0.15) is 17.0 Å². The zero-order valence-corrected chi connectivity index (χ0v) is 14.4. The van der Waals surface area contributed by atoms with E-state index in [1.165, 1.54) is 6.08 Å². The molecule has 0 amide bonds. The number of halogens is 1. The third-order valence-electron chi connectivity index (χ3n) is 3.57. The summed E-state index contributed by atoms with van der Waals surface area (Å²) in [7, 11) is 0. The number of rotatable bonds is 5. The number of esters is 1. The largest absolute Gasteiger partial charge is 0.456 e. The number of aromatic nitrogens is 1. The number of hydrogen-bond acceptors (Lipinski definition) is 4. The van der Waals surface area contributed by atoms with Crippen LogP contribution >= 0.6 is 11.6 Å². The van der Waals surface area contributed by atoms with Crippen LogP contribution in [0.5, 0.6) is 0 Å². The third kappa shape index (κ3) is 4.37. The minimum absolute atomic E-state index is 0.0495. The lowest BCUT2D eigenvalue weighted by molar-refractivity contribution is -0.139. The van der Waals surface area contributed by atoms with Gasteiger partial charge in [-0.3, -0.25) is 0 Å². The van der Waals surface area contributed by atoms with Crippen LogP contribution in [0.4, 0.5) is 0 Å². The van der Waals surface area contributed by atoms with Gasteiger partial charge in [-0.1, -0.05) is 48.0 Å². The molecule has 0 saturated carbocycles. The first-order valence-corrected chi connectivity index (χ1v) is 8.12. The van der Waals surface area contributed by atoms with E-state index in [0.717, 1.165) is 11.1 Å². The van der Waals surface area contributed by atoms with Crippen molar-refractivity contribution < 1.29 is 13.9 Å². The van der Waals surface area contributed by atoms with Gasteiger partial charge in [-0.25, -0.2) is 9.78 Å². The average Bonchev–Trinajstić information content (AvgIpc) is 3.01. The second-order valence-corrected chi connectivity index (χ2v) is 5.76. The predicted molar refractivity (Wildman–Crippen MR) is 97.0 cm³/mol. The summed E-state index contributed by atoms with van der Waals surface area (Å²) in [6, 6.07) is 16.8. The number of nitrogens with zero attached hydrogens (tertiary/aromatic N) is 1. The monoisotopic (exact) mass is 353 g/mol. The van der Waals surface area contributed by atoms with Crippen molar-refractivity contribution in [2.75, 3.05) is 0 Å². The zero-order valence-electron chi connectivity index (χ0n) is 13.6. The quantitative estimate of drug-likeness (QED) is 0.475. The minimum atomic E-state index is -0.469. The molecule has 126 valence electrons. The molecule has 0 aliphatic carbocycles. The van der Waals surface area contributed by atoms with Crippen LogP contribution in [0.25, 0.3) is 17.5 Å². The summed E-state index contributed by atoms with van der Waals surface area (Å²) in [6.45, 7) is 1.84. The highest BCUT2D eigenvalue weighted by Crippen LogP contribution is 2.22. The summed E-state index contributed by atoms with van der Waals surface area (Å²) in [5.74, 6) is 0.668. The fraction of sp³-hybridized carbons (Fsp3) is 0.100. The summed E-state index contributed by atoms with van der Waals surface area (Å²) >= 11 is 6.04. The van der Waals surface area contributed by atoms with Gasteiger partial charge < -0.3 is 9.15 Å². The van der Waals surface area contributed by atoms with Gasteiger partial charge in [0.25, 0.3) is 0 Å². The molecule has 5 heteroatoms. The fourth-order valence-corrected chi connectivity index (χ4v) is 2.42. The number of carbonyl (C=O) groups excluding carboxylic acids is 1. The molecule has 25 heavy (non-hydrogen) atoms. The third-order valence-corrected chi connectivity index (χ3v) is 3.91. The molecule has 0 aliphatic rings. The number of carbonyl (C=O) groups is 1. The van der Waals surface area contributed by atoms with E-state index in [1.54, 1.807) is 19.1 Å². The van der Waals surface area contributed by atoms with Gasteiger partial charge in [0.15, 0.2) is 0 Å². The number of ether oxygens (including phenoxy) is 1. The van der Waals surface area contributed by atoms with E-state index in [1.807, 2.05) is 48.5 Å². The lowest BCUT2D eigenvalue weighted by Crippen LogP contribution is -2.02. The highest BCUT2D eigenvalue weighted by Gasteiger charge is 2.12. The Morgan fingerprint density at radius 1 is 1.16 bits per heavy atom. The van der Waals surface area contributed by atoms with Gasteiger partial charge in [0.1, 0.15) is 18.1 Å². The van der Waals surface area contributed by atoms with Crippen LogP contribution in [0.2, 0.25) is 5.02 Å². The molecule has 3 aromatic rings. The SMILES string of the molecule is Cc1oc(-c2ccccc2)nc1COC(=O)/C=C/c1ccccc1Cl. The van der Waals surface area contributed by atoms with Gasteiger partial charge in [0, 0.05) is 16.7 Å². The van der Waals surface area contributed by atoms with Gasteiger partial charge in [0.05, 0.1) is 0 Å². The van der Waals surface area contributed by atoms with E-state index in [0.29, 0.717) is 22.4 Å².